The minimum absolute atomic E-state index is 0.175. The third-order valence-corrected chi connectivity index (χ3v) is 1.73. The van der Waals surface area contributed by atoms with Crippen molar-refractivity contribution in [1.29, 1.82) is 10.5 Å². The molecule has 0 aromatic heterocycles. The number of nitriles is 2. The Balaban J connectivity index is 3.34. The van der Waals surface area contributed by atoms with Gasteiger partial charge >= 0.3 is 0 Å². The number of halogens is 4. The largest absolute Gasteiger partial charge is 0.283 e. The van der Waals surface area contributed by atoms with Gasteiger partial charge in [0.05, 0.1) is 5.57 Å². The first-order valence-electron chi connectivity index (χ1n) is 3.39. The van der Waals surface area contributed by atoms with E-state index in [-0.39, 0.29) is 6.08 Å². The first-order valence-corrected chi connectivity index (χ1v) is 3.39. The lowest BCUT2D eigenvalue weighted by atomic mass is 9.91. The first kappa shape index (κ1) is 10.3. The third kappa shape index (κ3) is 1.16. The molecule has 0 aliphatic heterocycles. The van der Waals surface area contributed by atoms with Crippen molar-refractivity contribution in [3.63, 3.8) is 0 Å². The summed E-state index contributed by atoms with van der Waals surface area (Å²) in [7, 11) is 0. The molecule has 0 bridgehead atoms. The molecule has 0 saturated carbocycles. The smallest absolute Gasteiger partial charge is 0.234 e. The quantitative estimate of drug-likeness (QED) is 0.565. The number of allylic oxidation sites excluding steroid dienone is 4. The van der Waals surface area contributed by atoms with Gasteiger partial charge in [0.2, 0.25) is 6.17 Å². The van der Waals surface area contributed by atoms with Crippen molar-refractivity contribution in [3.05, 3.63) is 23.3 Å². The van der Waals surface area contributed by atoms with Gasteiger partial charge in [-0.1, -0.05) is 0 Å². The summed E-state index contributed by atoms with van der Waals surface area (Å²) in [6, 6.07) is 1.83. The molecule has 0 spiro atoms. The molecule has 0 amide bonds. The third-order valence-electron chi connectivity index (χ3n) is 1.73. The molecule has 0 radical (unpaired) electrons. The molecular weight excluding hydrogens is 200 g/mol. The van der Waals surface area contributed by atoms with E-state index in [2.05, 4.69) is 0 Å². The summed E-state index contributed by atoms with van der Waals surface area (Å²) in [5.41, 5.74) is -4.61. The molecule has 0 N–H and O–H groups in total. The molecule has 72 valence electrons. The van der Waals surface area contributed by atoms with Crippen molar-refractivity contribution < 1.29 is 17.6 Å². The van der Waals surface area contributed by atoms with Gasteiger partial charge in [0.1, 0.15) is 12.1 Å². The lowest BCUT2D eigenvalue weighted by Gasteiger charge is -2.22. The Labute approximate surface area is 76.4 Å². The average Bonchev–Trinajstić information content (AvgIpc) is 2.20. The van der Waals surface area contributed by atoms with E-state index in [1.807, 2.05) is 0 Å². The van der Waals surface area contributed by atoms with E-state index in [1.54, 1.807) is 0 Å². The summed E-state index contributed by atoms with van der Waals surface area (Å²) in [5, 5.41) is 16.4. The highest BCUT2D eigenvalue weighted by atomic mass is 19.2. The second kappa shape index (κ2) is 3.15. The van der Waals surface area contributed by atoms with Gasteiger partial charge in [0, 0.05) is 0 Å². The molecule has 2 atom stereocenters. The Morgan fingerprint density at radius 2 is 1.93 bits per heavy atom. The van der Waals surface area contributed by atoms with E-state index in [0.29, 0.717) is 6.07 Å². The van der Waals surface area contributed by atoms with E-state index >= 15 is 0 Å². The van der Waals surface area contributed by atoms with Crippen LogP contribution >= 0.6 is 0 Å². The molecule has 0 aromatic rings. The summed E-state index contributed by atoms with van der Waals surface area (Å²) in [6.07, 6.45) is -2.92. The number of hydrogen-bond acceptors (Lipinski definition) is 2. The standard InChI is InChI=1S/C8H2F4N2/c9-5-1-4(2-13)6(10)7(11)8(5,12)3-14/h1,7H. The number of hydrogen-bond donors (Lipinski definition) is 0. The summed E-state index contributed by atoms with van der Waals surface area (Å²) in [4.78, 5) is 0. The minimum atomic E-state index is -3.66. The zero-order chi connectivity index (χ0) is 10.9. The van der Waals surface area contributed by atoms with Crippen molar-refractivity contribution in [1.82, 2.24) is 0 Å². The molecule has 6 heteroatoms. The van der Waals surface area contributed by atoms with Gasteiger partial charge in [-0.05, 0) is 6.08 Å². The van der Waals surface area contributed by atoms with Crippen LogP contribution in [0.15, 0.2) is 23.3 Å². The van der Waals surface area contributed by atoms with Crippen molar-refractivity contribution >= 4 is 0 Å². The van der Waals surface area contributed by atoms with E-state index in [4.69, 9.17) is 10.5 Å². The maximum atomic E-state index is 13.1. The molecule has 1 rings (SSSR count). The van der Waals surface area contributed by atoms with Crippen LogP contribution in [-0.4, -0.2) is 11.8 Å². The highest BCUT2D eigenvalue weighted by Crippen LogP contribution is 2.39. The Morgan fingerprint density at radius 1 is 1.36 bits per heavy atom. The average molecular weight is 202 g/mol. The fourth-order valence-corrected chi connectivity index (χ4v) is 0.929. The van der Waals surface area contributed by atoms with Gasteiger partial charge in [-0.25, -0.2) is 17.6 Å². The molecule has 2 nitrogen and oxygen atoms in total. The van der Waals surface area contributed by atoms with Crippen LogP contribution in [0.5, 0.6) is 0 Å². The molecule has 1 aliphatic rings. The van der Waals surface area contributed by atoms with E-state index in [0.717, 1.165) is 6.07 Å². The fraction of sp³-hybridized carbons (Fsp3) is 0.250. The van der Waals surface area contributed by atoms with Gasteiger partial charge < -0.3 is 0 Å². The van der Waals surface area contributed by atoms with Gasteiger partial charge in [0.15, 0.2) is 11.7 Å². The van der Waals surface area contributed by atoms with Crippen molar-refractivity contribution in [2.45, 2.75) is 11.8 Å². The van der Waals surface area contributed by atoms with E-state index in [9.17, 15) is 17.6 Å². The maximum absolute atomic E-state index is 13.1. The summed E-state index contributed by atoms with van der Waals surface area (Å²) >= 11 is 0. The van der Waals surface area contributed by atoms with Crippen LogP contribution in [-0.2, 0) is 0 Å². The molecule has 0 fully saturated rings. The second-order valence-electron chi connectivity index (χ2n) is 2.55. The summed E-state index contributed by atoms with van der Waals surface area (Å²) in [5.74, 6) is -3.57. The SMILES string of the molecule is N#CC1=C(F)C(F)C(F)(C#N)C(F)=C1. The Hall–Kier alpha value is -1.82. The van der Waals surface area contributed by atoms with Crippen molar-refractivity contribution in [2.75, 3.05) is 0 Å². The zero-order valence-corrected chi connectivity index (χ0v) is 6.56. The Kier molecular flexibility index (Phi) is 2.31. The van der Waals surface area contributed by atoms with Crippen LogP contribution < -0.4 is 0 Å². The topological polar surface area (TPSA) is 47.6 Å². The zero-order valence-electron chi connectivity index (χ0n) is 6.56. The monoisotopic (exact) mass is 202 g/mol. The van der Waals surface area contributed by atoms with E-state index in [1.165, 1.54) is 0 Å². The lowest BCUT2D eigenvalue weighted by molar-refractivity contribution is 0.115. The summed E-state index contributed by atoms with van der Waals surface area (Å²) < 4.78 is 51.5. The fourth-order valence-electron chi connectivity index (χ4n) is 0.929. The van der Waals surface area contributed by atoms with Crippen LogP contribution in [0.25, 0.3) is 0 Å². The van der Waals surface area contributed by atoms with Crippen molar-refractivity contribution in [2.24, 2.45) is 0 Å². The van der Waals surface area contributed by atoms with Crippen LogP contribution in [0, 0.1) is 22.7 Å². The van der Waals surface area contributed by atoms with Gasteiger partial charge in [0.25, 0.3) is 5.67 Å². The number of rotatable bonds is 0. The van der Waals surface area contributed by atoms with Gasteiger partial charge in [-0.15, -0.1) is 0 Å². The molecule has 0 aromatic carbocycles. The molecule has 2 unspecified atom stereocenters. The van der Waals surface area contributed by atoms with Crippen LogP contribution in [0.2, 0.25) is 0 Å². The maximum Gasteiger partial charge on any atom is 0.283 e. The normalized spacial score (nSPS) is 31.9. The second-order valence-corrected chi connectivity index (χ2v) is 2.55. The predicted molar refractivity (Wildman–Crippen MR) is 37.3 cm³/mol. The first-order chi connectivity index (χ1) is 6.47. The number of alkyl halides is 2. The molecule has 14 heavy (non-hydrogen) atoms. The van der Waals surface area contributed by atoms with Crippen LogP contribution in [0.1, 0.15) is 0 Å². The lowest BCUT2D eigenvalue weighted by Crippen LogP contribution is -2.37. The highest BCUT2D eigenvalue weighted by Gasteiger charge is 2.51. The number of nitrogens with zero attached hydrogens (tertiary/aromatic N) is 2. The summed E-state index contributed by atoms with van der Waals surface area (Å²) in [6.45, 7) is 0. The molecular formula is C8H2F4N2. The van der Waals surface area contributed by atoms with Crippen LogP contribution in [0.4, 0.5) is 17.6 Å². The molecule has 0 saturated heterocycles. The predicted octanol–water partition coefficient (Wildman–Crippen LogP) is 2.17. The van der Waals surface area contributed by atoms with E-state index < -0.39 is 29.1 Å². The van der Waals surface area contributed by atoms with Crippen molar-refractivity contribution in [3.8, 4) is 12.1 Å². The molecule has 1 aliphatic carbocycles. The minimum Gasteiger partial charge on any atom is -0.234 e. The van der Waals surface area contributed by atoms with Crippen LogP contribution in [0.3, 0.4) is 0 Å². The van der Waals surface area contributed by atoms with Gasteiger partial charge in [-0.2, -0.15) is 10.5 Å². The highest BCUT2D eigenvalue weighted by molar-refractivity contribution is 5.48. The molecule has 0 heterocycles. The van der Waals surface area contributed by atoms with Gasteiger partial charge in [-0.3, -0.25) is 0 Å². The Bertz CT molecular complexity index is 412. The Morgan fingerprint density at radius 3 is 2.36 bits per heavy atom.